The summed E-state index contributed by atoms with van der Waals surface area (Å²) in [5, 5.41) is 4.31. The predicted octanol–water partition coefficient (Wildman–Crippen LogP) is 1.61. The number of fused-ring (bicyclic) bond motifs is 1. The minimum Gasteiger partial charge on any atom is -0.306 e. The van der Waals surface area contributed by atoms with Crippen molar-refractivity contribution in [3.05, 3.63) is 64.1 Å². The van der Waals surface area contributed by atoms with Crippen molar-refractivity contribution in [2.75, 3.05) is 6.54 Å². The van der Waals surface area contributed by atoms with Crippen molar-refractivity contribution in [1.29, 1.82) is 0 Å². The number of hydrogen-bond donors (Lipinski definition) is 1. The Morgan fingerprint density at radius 2 is 2.12 bits per heavy atom. The summed E-state index contributed by atoms with van der Waals surface area (Å²) < 4.78 is 1.92. The molecule has 0 amide bonds. The summed E-state index contributed by atoms with van der Waals surface area (Å²) in [6.45, 7) is 5.23. The van der Waals surface area contributed by atoms with Gasteiger partial charge in [-0.2, -0.15) is 5.10 Å². The van der Waals surface area contributed by atoms with Crippen LogP contribution in [0.5, 0.6) is 0 Å². The number of nitrogens with zero attached hydrogens (tertiary/aromatic N) is 5. The van der Waals surface area contributed by atoms with Gasteiger partial charge in [-0.05, 0) is 19.1 Å². The van der Waals surface area contributed by atoms with Crippen LogP contribution in [0, 0.1) is 0 Å². The molecule has 0 aromatic carbocycles. The molecule has 0 bridgehead atoms. The van der Waals surface area contributed by atoms with Crippen LogP contribution in [0.1, 0.15) is 23.7 Å². The van der Waals surface area contributed by atoms with Crippen LogP contribution < -0.4 is 5.56 Å². The van der Waals surface area contributed by atoms with E-state index in [0.29, 0.717) is 12.4 Å². The molecule has 3 aromatic heterocycles. The Morgan fingerprint density at radius 3 is 2.88 bits per heavy atom. The fourth-order valence-electron chi connectivity index (χ4n) is 3.18. The maximum absolute atomic E-state index is 12.6. The monoisotopic (exact) mass is 336 g/mol. The third-order valence-corrected chi connectivity index (χ3v) is 4.52. The van der Waals surface area contributed by atoms with E-state index in [1.165, 1.54) is 5.56 Å². The number of nitrogens with one attached hydrogen (secondary N) is 1. The fraction of sp³-hybridized carbons (Fsp3) is 0.333. The van der Waals surface area contributed by atoms with E-state index >= 15 is 0 Å². The highest BCUT2D eigenvalue weighted by molar-refractivity contribution is 5.54. The molecule has 1 N–H and O–H groups in total. The minimum absolute atomic E-state index is 0.0502. The van der Waals surface area contributed by atoms with Crippen LogP contribution in [0.15, 0.2) is 41.7 Å². The zero-order valence-corrected chi connectivity index (χ0v) is 14.1. The Hall–Kier alpha value is -2.80. The van der Waals surface area contributed by atoms with Crippen LogP contribution in [0.3, 0.4) is 0 Å². The van der Waals surface area contributed by atoms with Crippen molar-refractivity contribution < 1.29 is 0 Å². The molecule has 0 saturated carbocycles. The van der Waals surface area contributed by atoms with Gasteiger partial charge >= 0.3 is 0 Å². The van der Waals surface area contributed by atoms with E-state index in [1.54, 1.807) is 12.4 Å². The number of rotatable bonds is 4. The molecule has 0 spiro atoms. The van der Waals surface area contributed by atoms with Crippen LogP contribution in [0.2, 0.25) is 0 Å². The molecular weight excluding hydrogens is 316 g/mol. The molecule has 1 aliphatic heterocycles. The summed E-state index contributed by atoms with van der Waals surface area (Å²) in [6, 6.07) is 3.70. The molecule has 0 fully saturated rings. The molecule has 25 heavy (non-hydrogen) atoms. The molecule has 4 heterocycles. The highest BCUT2D eigenvalue weighted by Crippen LogP contribution is 2.19. The smallest absolute Gasteiger partial charge is 0.255 e. The zero-order valence-electron chi connectivity index (χ0n) is 14.1. The maximum atomic E-state index is 12.6. The van der Waals surface area contributed by atoms with Gasteiger partial charge in [0.25, 0.3) is 5.56 Å². The average molecular weight is 336 g/mol. The van der Waals surface area contributed by atoms with E-state index in [9.17, 15) is 4.79 Å². The molecule has 7 heteroatoms. The number of hydrogen-bond acceptors (Lipinski definition) is 5. The van der Waals surface area contributed by atoms with Crippen LogP contribution in [0.25, 0.3) is 11.4 Å². The topological polar surface area (TPSA) is 79.7 Å². The van der Waals surface area contributed by atoms with Gasteiger partial charge in [-0.25, -0.2) is 4.98 Å². The number of pyridine rings is 1. The Labute approximate surface area is 145 Å². The first-order valence-corrected chi connectivity index (χ1v) is 8.49. The van der Waals surface area contributed by atoms with E-state index in [2.05, 4.69) is 38.1 Å². The predicted molar refractivity (Wildman–Crippen MR) is 93.8 cm³/mol. The van der Waals surface area contributed by atoms with Gasteiger partial charge in [0.05, 0.1) is 17.5 Å². The molecule has 0 radical (unpaired) electrons. The van der Waals surface area contributed by atoms with Crippen molar-refractivity contribution in [3.8, 4) is 11.4 Å². The van der Waals surface area contributed by atoms with E-state index < -0.39 is 0 Å². The second-order valence-corrected chi connectivity index (χ2v) is 6.24. The standard InChI is InChI=1S/C18H20N6O/c1-2-24-11-13(9-20-24)10-23-8-5-16-15(12-23)18(25)22-17(21-16)14-3-6-19-7-4-14/h3-4,6-7,9,11H,2,5,8,10,12H2,1H3,(H,21,22,25). The Balaban J connectivity index is 1.56. The summed E-state index contributed by atoms with van der Waals surface area (Å²) in [4.78, 5) is 26.4. The van der Waals surface area contributed by atoms with E-state index in [1.807, 2.05) is 23.0 Å². The van der Waals surface area contributed by atoms with Gasteiger partial charge in [0.2, 0.25) is 0 Å². The largest absolute Gasteiger partial charge is 0.306 e. The molecule has 3 aromatic rings. The number of aryl methyl sites for hydroxylation is 1. The lowest BCUT2D eigenvalue weighted by Gasteiger charge is -2.27. The molecule has 128 valence electrons. The van der Waals surface area contributed by atoms with Crippen molar-refractivity contribution in [2.24, 2.45) is 0 Å². The van der Waals surface area contributed by atoms with Gasteiger partial charge in [-0.15, -0.1) is 0 Å². The zero-order chi connectivity index (χ0) is 17.2. The Morgan fingerprint density at radius 1 is 1.28 bits per heavy atom. The average Bonchev–Trinajstić information content (AvgIpc) is 3.10. The lowest BCUT2D eigenvalue weighted by atomic mass is 10.1. The van der Waals surface area contributed by atoms with Crippen LogP contribution in [-0.4, -0.2) is 36.2 Å². The summed E-state index contributed by atoms with van der Waals surface area (Å²) in [5.41, 5.74) is 3.67. The van der Waals surface area contributed by atoms with Crippen molar-refractivity contribution in [1.82, 2.24) is 29.6 Å². The number of aromatic amines is 1. The number of aromatic nitrogens is 5. The molecule has 0 atom stereocenters. The normalized spacial score (nSPS) is 14.4. The second kappa shape index (κ2) is 6.60. The van der Waals surface area contributed by atoms with Gasteiger partial charge in [0, 0.05) is 62.3 Å². The highest BCUT2D eigenvalue weighted by atomic mass is 16.1. The van der Waals surface area contributed by atoms with Crippen molar-refractivity contribution in [3.63, 3.8) is 0 Å². The van der Waals surface area contributed by atoms with Crippen LogP contribution >= 0.6 is 0 Å². The summed E-state index contributed by atoms with van der Waals surface area (Å²) >= 11 is 0. The minimum atomic E-state index is -0.0502. The first kappa shape index (κ1) is 15.7. The van der Waals surface area contributed by atoms with Crippen LogP contribution in [0.4, 0.5) is 0 Å². The number of H-pyrrole nitrogens is 1. The third-order valence-electron chi connectivity index (χ3n) is 4.52. The molecule has 0 unspecified atom stereocenters. The third kappa shape index (κ3) is 3.23. The molecular formula is C18H20N6O. The van der Waals surface area contributed by atoms with Gasteiger partial charge in [0.1, 0.15) is 5.82 Å². The van der Waals surface area contributed by atoms with Gasteiger partial charge < -0.3 is 4.98 Å². The molecule has 0 aliphatic carbocycles. The van der Waals surface area contributed by atoms with Gasteiger partial charge in [-0.3, -0.25) is 19.4 Å². The lowest BCUT2D eigenvalue weighted by Crippen LogP contribution is -2.35. The van der Waals surface area contributed by atoms with Crippen molar-refractivity contribution >= 4 is 0 Å². The van der Waals surface area contributed by atoms with Gasteiger partial charge in [-0.1, -0.05) is 0 Å². The Bertz CT molecular complexity index is 930. The Kier molecular flexibility index (Phi) is 4.15. The lowest BCUT2D eigenvalue weighted by molar-refractivity contribution is 0.242. The summed E-state index contributed by atoms with van der Waals surface area (Å²) in [5.74, 6) is 0.615. The molecule has 0 saturated heterocycles. The summed E-state index contributed by atoms with van der Waals surface area (Å²) in [7, 11) is 0. The molecule has 4 rings (SSSR count). The van der Waals surface area contributed by atoms with Crippen LogP contribution in [-0.2, 0) is 26.1 Å². The quantitative estimate of drug-likeness (QED) is 0.783. The maximum Gasteiger partial charge on any atom is 0.255 e. The van der Waals surface area contributed by atoms with E-state index in [4.69, 9.17) is 0 Å². The highest BCUT2D eigenvalue weighted by Gasteiger charge is 2.21. The molecule has 7 nitrogen and oxygen atoms in total. The SMILES string of the molecule is CCn1cc(CN2CCc3nc(-c4ccncc4)[nH]c(=O)c3C2)cn1. The first-order chi connectivity index (χ1) is 12.2. The van der Waals surface area contributed by atoms with E-state index in [0.717, 1.165) is 42.9 Å². The second-order valence-electron chi connectivity index (χ2n) is 6.24. The summed E-state index contributed by atoms with van der Waals surface area (Å²) in [6.07, 6.45) is 8.14. The first-order valence-electron chi connectivity index (χ1n) is 8.49. The molecule has 1 aliphatic rings. The van der Waals surface area contributed by atoms with E-state index in [-0.39, 0.29) is 5.56 Å². The fourth-order valence-corrected chi connectivity index (χ4v) is 3.18. The van der Waals surface area contributed by atoms with Gasteiger partial charge in [0.15, 0.2) is 0 Å². The van der Waals surface area contributed by atoms with Crippen molar-refractivity contribution in [2.45, 2.75) is 33.0 Å².